The average Bonchev–Trinajstić information content (AvgIpc) is 3.27. The van der Waals surface area contributed by atoms with Gasteiger partial charge in [0.05, 0.1) is 11.5 Å². The summed E-state index contributed by atoms with van der Waals surface area (Å²) in [5.41, 5.74) is 6.14. The van der Waals surface area contributed by atoms with E-state index in [0.29, 0.717) is 8.68 Å². The van der Waals surface area contributed by atoms with E-state index in [0.717, 1.165) is 46.5 Å². The van der Waals surface area contributed by atoms with E-state index in [9.17, 15) is 9.59 Å². The number of hydrogen-bond acceptors (Lipinski definition) is 7. The molecule has 0 saturated heterocycles. The molecule has 6 nitrogen and oxygen atoms in total. The fourth-order valence-corrected chi connectivity index (χ4v) is 5.94. The maximum atomic E-state index is 12.4. The molecular formula is C24H28N4O2S3. The van der Waals surface area contributed by atoms with Crippen molar-refractivity contribution in [2.75, 3.05) is 22.1 Å². The predicted octanol–water partition coefficient (Wildman–Crippen LogP) is 5.74. The van der Waals surface area contributed by atoms with Gasteiger partial charge in [-0.05, 0) is 48.9 Å². The Kier molecular flexibility index (Phi) is 9.34. The minimum absolute atomic E-state index is 0.0715. The number of nitrogens with zero attached hydrogens (tertiary/aromatic N) is 2. The summed E-state index contributed by atoms with van der Waals surface area (Å²) in [7, 11) is 0. The summed E-state index contributed by atoms with van der Waals surface area (Å²) in [6.45, 7) is 8.14. The third-order valence-electron chi connectivity index (χ3n) is 5.05. The molecule has 174 valence electrons. The molecule has 9 heteroatoms. The van der Waals surface area contributed by atoms with E-state index in [2.05, 4.69) is 34.7 Å². The lowest BCUT2D eigenvalue weighted by Crippen LogP contribution is -2.16. The van der Waals surface area contributed by atoms with Gasteiger partial charge in [0.1, 0.15) is 0 Å². The van der Waals surface area contributed by atoms with Crippen LogP contribution < -0.4 is 10.6 Å². The molecule has 33 heavy (non-hydrogen) atoms. The molecule has 0 saturated carbocycles. The highest BCUT2D eigenvalue weighted by molar-refractivity contribution is 8.03. The number of carbonyl (C=O) groups excluding carboxylic acids is 2. The molecule has 0 bridgehead atoms. The number of carbonyl (C=O) groups is 2. The largest absolute Gasteiger partial charge is 0.325 e. The van der Waals surface area contributed by atoms with Gasteiger partial charge < -0.3 is 10.6 Å². The minimum atomic E-state index is -0.0715. The highest BCUT2D eigenvalue weighted by Crippen LogP contribution is 2.30. The lowest BCUT2D eigenvalue weighted by atomic mass is 10.1. The van der Waals surface area contributed by atoms with E-state index in [1.54, 1.807) is 0 Å². The SMILES string of the molecule is CCc1cccc(C)c1NC(=O)CSc1nnc(SCC(=O)Nc2c(C)cccc2CC)s1. The molecule has 2 amide bonds. The molecule has 0 radical (unpaired) electrons. The molecule has 2 aromatic carbocycles. The second kappa shape index (κ2) is 12.2. The molecule has 3 aromatic rings. The minimum Gasteiger partial charge on any atom is -0.325 e. The number of hydrogen-bond donors (Lipinski definition) is 2. The van der Waals surface area contributed by atoms with Gasteiger partial charge in [-0.15, -0.1) is 10.2 Å². The second-order valence-corrected chi connectivity index (χ2v) is 10.9. The number of nitrogens with one attached hydrogen (secondary N) is 2. The fraction of sp³-hybridized carbons (Fsp3) is 0.333. The van der Waals surface area contributed by atoms with Crippen molar-refractivity contribution < 1.29 is 9.59 Å². The Morgan fingerprint density at radius 2 is 1.21 bits per heavy atom. The topological polar surface area (TPSA) is 84.0 Å². The molecular weight excluding hydrogens is 472 g/mol. The Labute approximate surface area is 207 Å². The average molecular weight is 501 g/mol. The van der Waals surface area contributed by atoms with Crippen LogP contribution in [0.4, 0.5) is 11.4 Å². The number of amides is 2. The van der Waals surface area contributed by atoms with E-state index >= 15 is 0 Å². The summed E-state index contributed by atoms with van der Waals surface area (Å²) < 4.78 is 1.42. The number of aryl methyl sites for hydroxylation is 4. The standard InChI is InChI=1S/C24H28N4O2S3/c1-5-17-11-7-9-15(3)21(17)25-19(29)13-31-23-27-28-24(33-23)32-14-20(30)26-22-16(4)10-8-12-18(22)6-2/h7-12H,5-6,13-14H2,1-4H3,(H,25,29)(H,26,30). The number of rotatable bonds is 10. The zero-order valence-corrected chi connectivity index (χ0v) is 21.7. The van der Waals surface area contributed by atoms with Crippen molar-refractivity contribution in [3.05, 3.63) is 58.7 Å². The van der Waals surface area contributed by atoms with E-state index in [1.807, 2.05) is 50.2 Å². The van der Waals surface area contributed by atoms with Crippen molar-refractivity contribution in [3.63, 3.8) is 0 Å². The molecule has 1 heterocycles. The Morgan fingerprint density at radius 1 is 0.788 bits per heavy atom. The number of thioether (sulfide) groups is 2. The van der Waals surface area contributed by atoms with Crippen molar-refractivity contribution in [2.45, 2.75) is 49.2 Å². The van der Waals surface area contributed by atoms with Crippen molar-refractivity contribution in [2.24, 2.45) is 0 Å². The van der Waals surface area contributed by atoms with Gasteiger partial charge in [0.25, 0.3) is 0 Å². The molecule has 0 aliphatic carbocycles. The first-order chi connectivity index (χ1) is 15.9. The zero-order valence-electron chi connectivity index (χ0n) is 19.2. The maximum absolute atomic E-state index is 12.4. The number of aromatic nitrogens is 2. The van der Waals surface area contributed by atoms with Gasteiger partial charge in [-0.25, -0.2) is 0 Å². The smallest absolute Gasteiger partial charge is 0.234 e. The van der Waals surface area contributed by atoms with Gasteiger partial charge in [0.15, 0.2) is 8.68 Å². The molecule has 2 N–H and O–H groups in total. The molecule has 0 unspecified atom stereocenters. The zero-order chi connectivity index (χ0) is 23.8. The first-order valence-corrected chi connectivity index (χ1v) is 13.6. The highest BCUT2D eigenvalue weighted by Gasteiger charge is 2.14. The monoisotopic (exact) mass is 500 g/mol. The maximum Gasteiger partial charge on any atom is 0.234 e. The van der Waals surface area contributed by atoms with Crippen LogP contribution in [-0.2, 0) is 22.4 Å². The van der Waals surface area contributed by atoms with Crippen LogP contribution in [0.3, 0.4) is 0 Å². The number of benzene rings is 2. The van der Waals surface area contributed by atoms with E-state index in [1.165, 1.54) is 34.9 Å². The fourth-order valence-electron chi connectivity index (χ4n) is 3.32. The normalized spacial score (nSPS) is 10.8. The number of para-hydroxylation sites is 2. The van der Waals surface area contributed by atoms with Gasteiger partial charge in [0, 0.05) is 11.4 Å². The Hall–Kier alpha value is -2.36. The van der Waals surface area contributed by atoms with E-state index in [4.69, 9.17) is 0 Å². The van der Waals surface area contributed by atoms with Crippen LogP contribution in [0.1, 0.15) is 36.1 Å². The van der Waals surface area contributed by atoms with Crippen LogP contribution in [0.15, 0.2) is 45.1 Å². The highest BCUT2D eigenvalue weighted by atomic mass is 32.2. The Bertz CT molecular complexity index is 1040. The van der Waals surface area contributed by atoms with E-state index in [-0.39, 0.29) is 23.3 Å². The molecule has 0 fully saturated rings. The van der Waals surface area contributed by atoms with Crippen LogP contribution in [0, 0.1) is 13.8 Å². The van der Waals surface area contributed by atoms with Crippen molar-refractivity contribution in [1.82, 2.24) is 10.2 Å². The quantitative estimate of drug-likeness (QED) is 0.345. The first-order valence-electron chi connectivity index (χ1n) is 10.8. The lowest BCUT2D eigenvalue weighted by Gasteiger charge is -2.12. The molecule has 0 atom stereocenters. The first kappa shape index (κ1) is 25.3. The van der Waals surface area contributed by atoms with Crippen molar-refractivity contribution in [1.29, 1.82) is 0 Å². The van der Waals surface area contributed by atoms with Crippen LogP contribution >= 0.6 is 34.9 Å². The summed E-state index contributed by atoms with van der Waals surface area (Å²) in [5, 5.41) is 14.3. The molecule has 0 aliphatic rings. The Morgan fingerprint density at radius 3 is 1.61 bits per heavy atom. The van der Waals surface area contributed by atoms with Gasteiger partial charge in [-0.3, -0.25) is 9.59 Å². The molecule has 1 aromatic heterocycles. The summed E-state index contributed by atoms with van der Waals surface area (Å²) in [6, 6.07) is 12.1. The van der Waals surface area contributed by atoms with Gasteiger partial charge in [0.2, 0.25) is 11.8 Å². The lowest BCUT2D eigenvalue weighted by molar-refractivity contribution is -0.114. The molecule has 0 aliphatic heterocycles. The summed E-state index contributed by atoms with van der Waals surface area (Å²) in [6.07, 6.45) is 1.72. The second-order valence-electron chi connectivity index (χ2n) is 7.43. The molecule has 3 rings (SSSR count). The van der Waals surface area contributed by atoms with E-state index < -0.39 is 0 Å². The van der Waals surface area contributed by atoms with Crippen molar-refractivity contribution >= 4 is 58.0 Å². The van der Waals surface area contributed by atoms with Crippen molar-refractivity contribution in [3.8, 4) is 0 Å². The third kappa shape index (κ3) is 7.06. The number of anilines is 2. The van der Waals surface area contributed by atoms with Gasteiger partial charge in [-0.2, -0.15) is 0 Å². The van der Waals surface area contributed by atoms with Crippen LogP contribution in [0.25, 0.3) is 0 Å². The predicted molar refractivity (Wildman–Crippen MR) is 140 cm³/mol. The summed E-state index contributed by atoms with van der Waals surface area (Å²) in [4.78, 5) is 24.9. The van der Waals surface area contributed by atoms with Gasteiger partial charge in [-0.1, -0.05) is 85.1 Å². The van der Waals surface area contributed by atoms with Gasteiger partial charge >= 0.3 is 0 Å². The van der Waals surface area contributed by atoms with Crippen LogP contribution in [0.2, 0.25) is 0 Å². The summed E-state index contributed by atoms with van der Waals surface area (Å²) >= 11 is 4.10. The molecule has 0 spiro atoms. The van der Waals surface area contributed by atoms with Crippen LogP contribution in [0.5, 0.6) is 0 Å². The Balaban J connectivity index is 1.49. The van der Waals surface area contributed by atoms with Crippen LogP contribution in [-0.4, -0.2) is 33.5 Å². The summed E-state index contributed by atoms with van der Waals surface area (Å²) in [5.74, 6) is 0.366. The third-order valence-corrected chi connectivity index (χ3v) is 8.24.